The van der Waals surface area contributed by atoms with Gasteiger partial charge in [-0.15, -0.1) is 24.5 Å². The van der Waals surface area contributed by atoms with E-state index in [1.165, 1.54) is 52.1 Å². The Morgan fingerprint density at radius 3 is 2.49 bits per heavy atom. The molecule has 0 fully saturated rings. The fourth-order valence-electron chi connectivity index (χ4n) is 3.64. The minimum absolute atomic E-state index is 0.0427. The summed E-state index contributed by atoms with van der Waals surface area (Å²) in [5, 5.41) is 12.8. The van der Waals surface area contributed by atoms with E-state index in [9.17, 15) is 23.3 Å². The van der Waals surface area contributed by atoms with Gasteiger partial charge in [-0.2, -0.15) is 9.57 Å². The highest BCUT2D eigenvalue weighted by atomic mass is 32.2. The maximum absolute atomic E-state index is 12.9. The standard InChI is InChI=1S/C24H26N4O5S2/c1-4-12-28(13-5-2)35(31,32)18-9-7-17(8-10-18)22(29)26-23-20(15-25)19-11-14-27(16-21(19)34-23)24(30)33-6-3/h4-5,7-10H,1-2,6,11-14,16H2,3H3,(H,26,29). The Morgan fingerprint density at radius 2 is 1.91 bits per heavy atom. The van der Waals surface area contributed by atoms with Gasteiger partial charge in [0.2, 0.25) is 10.0 Å². The molecular weight excluding hydrogens is 488 g/mol. The summed E-state index contributed by atoms with van der Waals surface area (Å²) in [7, 11) is -3.78. The van der Waals surface area contributed by atoms with Gasteiger partial charge in [-0.1, -0.05) is 12.2 Å². The smallest absolute Gasteiger partial charge is 0.410 e. The Labute approximate surface area is 209 Å². The molecule has 0 spiro atoms. The minimum atomic E-state index is -3.78. The molecule has 1 aliphatic rings. The summed E-state index contributed by atoms with van der Waals surface area (Å²) in [5.41, 5.74) is 1.44. The third-order valence-corrected chi connectivity index (χ3v) is 8.32. The number of ether oxygens (including phenoxy) is 1. The van der Waals surface area contributed by atoms with Crippen LogP contribution in [0.25, 0.3) is 0 Å². The van der Waals surface area contributed by atoms with Crippen molar-refractivity contribution in [3.05, 3.63) is 71.1 Å². The number of hydrogen-bond acceptors (Lipinski definition) is 7. The fourth-order valence-corrected chi connectivity index (χ4v) is 6.23. The molecule has 0 unspecified atom stereocenters. The third-order valence-electron chi connectivity index (χ3n) is 5.34. The first-order chi connectivity index (χ1) is 16.8. The van der Waals surface area contributed by atoms with Crippen LogP contribution in [-0.4, -0.2) is 55.9 Å². The highest BCUT2D eigenvalue weighted by Gasteiger charge is 2.28. The molecule has 3 rings (SSSR count). The summed E-state index contributed by atoms with van der Waals surface area (Å²) < 4.78 is 32.0. The van der Waals surface area contributed by atoms with Crippen LogP contribution in [0.1, 0.15) is 33.3 Å². The van der Waals surface area contributed by atoms with Gasteiger partial charge in [0.1, 0.15) is 11.1 Å². The molecule has 1 aliphatic heterocycles. The van der Waals surface area contributed by atoms with Crippen LogP contribution in [0, 0.1) is 11.3 Å². The van der Waals surface area contributed by atoms with Crippen molar-refractivity contribution in [2.75, 3.05) is 31.6 Å². The zero-order chi connectivity index (χ0) is 25.6. The Bertz CT molecular complexity index is 1270. The van der Waals surface area contributed by atoms with Crippen LogP contribution in [0.5, 0.6) is 0 Å². The number of carbonyl (C=O) groups excluding carboxylic acids is 2. The summed E-state index contributed by atoms with van der Waals surface area (Å²) in [6, 6.07) is 7.73. The lowest BCUT2D eigenvalue weighted by molar-refractivity contribution is 0.102. The van der Waals surface area contributed by atoms with Crippen LogP contribution in [0.4, 0.5) is 9.80 Å². The van der Waals surface area contributed by atoms with Crippen molar-refractivity contribution in [1.82, 2.24) is 9.21 Å². The molecule has 9 nitrogen and oxygen atoms in total. The molecule has 1 aromatic carbocycles. The van der Waals surface area contributed by atoms with Crippen molar-refractivity contribution in [2.24, 2.45) is 0 Å². The molecule has 35 heavy (non-hydrogen) atoms. The number of carbonyl (C=O) groups is 2. The zero-order valence-corrected chi connectivity index (χ0v) is 21.0. The number of amides is 2. The predicted molar refractivity (Wildman–Crippen MR) is 134 cm³/mol. The molecule has 0 atom stereocenters. The quantitative estimate of drug-likeness (QED) is 0.509. The topological polar surface area (TPSA) is 120 Å². The van der Waals surface area contributed by atoms with Gasteiger partial charge in [0.05, 0.1) is 23.6 Å². The van der Waals surface area contributed by atoms with Crippen LogP contribution < -0.4 is 5.32 Å². The summed E-state index contributed by atoms with van der Waals surface area (Å²) in [6.45, 7) is 10.2. The molecular formula is C24H26N4O5S2. The van der Waals surface area contributed by atoms with E-state index in [1.807, 2.05) is 0 Å². The van der Waals surface area contributed by atoms with Crippen molar-refractivity contribution >= 4 is 38.4 Å². The number of rotatable bonds is 9. The normalized spacial score (nSPS) is 13.0. The molecule has 0 saturated heterocycles. The van der Waals surface area contributed by atoms with Gasteiger partial charge in [0, 0.05) is 30.1 Å². The number of benzene rings is 1. The van der Waals surface area contributed by atoms with E-state index in [2.05, 4.69) is 24.5 Å². The van der Waals surface area contributed by atoms with E-state index in [1.54, 1.807) is 11.8 Å². The Balaban J connectivity index is 1.79. The first-order valence-corrected chi connectivity index (χ1v) is 13.1. The lowest BCUT2D eigenvalue weighted by Gasteiger charge is -2.25. The summed E-state index contributed by atoms with van der Waals surface area (Å²) in [4.78, 5) is 27.4. The maximum atomic E-state index is 12.9. The molecule has 11 heteroatoms. The molecule has 1 N–H and O–H groups in total. The first-order valence-electron chi connectivity index (χ1n) is 10.9. The monoisotopic (exact) mass is 514 g/mol. The van der Waals surface area contributed by atoms with Crippen molar-refractivity contribution in [1.29, 1.82) is 5.26 Å². The van der Waals surface area contributed by atoms with Gasteiger partial charge in [0.15, 0.2) is 0 Å². The van der Waals surface area contributed by atoms with Crippen LogP contribution in [0.3, 0.4) is 0 Å². The number of anilines is 1. The van der Waals surface area contributed by atoms with E-state index in [-0.39, 0.29) is 30.2 Å². The van der Waals surface area contributed by atoms with Gasteiger partial charge in [-0.25, -0.2) is 13.2 Å². The van der Waals surface area contributed by atoms with Crippen LogP contribution in [0.15, 0.2) is 54.5 Å². The Morgan fingerprint density at radius 1 is 1.26 bits per heavy atom. The largest absolute Gasteiger partial charge is 0.450 e. The van der Waals surface area contributed by atoms with Crippen molar-refractivity contribution < 1.29 is 22.7 Å². The second-order valence-electron chi connectivity index (χ2n) is 7.57. The van der Waals surface area contributed by atoms with E-state index in [0.717, 1.165) is 10.4 Å². The maximum Gasteiger partial charge on any atom is 0.410 e. The molecule has 184 valence electrons. The Hall–Kier alpha value is -3.46. The highest BCUT2D eigenvalue weighted by Crippen LogP contribution is 2.37. The van der Waals surface area contributed by atoms with Crippen molar-refractivity contribution in [2.45, 2.75) is 24.8 Å². The molecule has 1 aromatic heterocycles. The summed E-state index contributed by atoms with van der Waals surface area (Å²) in [5.74, 6) is -0.472. The lowest BCUT2D eigenvalue weighted by atomic mass is 10.0. The lowest BCUT2D eigenvalue weighted by Crippen LogP contribution is -2.35. The number of thiophene rings is 1. The van der Waals surface area contributed by atoms with Crippen molar-refractivity contribution in [3.63, 3.8) is 0 Å². The van der Waals surface area contributed by atoms with Crippen LogP contribution >= 0.6 is 11.3 Å². The predicted octanol–water partition coefficient (Wildman–Crippen LogP) is 3.75. The van der Waals surface area contributed by atoms with E-state index in [0.29, 0.717) is 30.1 Å². The molecule has 0 bridgehead atoms. The molecule has 2 heterocycles. The second kappa shape index (κ2) is 11.3. The first kappa shape index (κ1) is 26.2. The highest BCUT2D eigenvalue weighted by molar-refractivity contribution is 7.89. The molecule has 0 aliphatic carbocycles. The number of hydrogen-bond donors (Lipinski definition) is 1. The van der Waals surface area contributed by atoms with Gasteiger partial charge < -0.3 is 15.0 Å². The van der Waals surface area contributed by atoms with Crippen LogP contribution in [-0.2, 0) is 27.7 Å². The molecule has 2 amide bonds. The minimum Gasteiger partial charge on any atom is -0.450 e. The SMILES string of the molecule is C=CCN(CC=C)S(=O)(=O)c1ccc(C(=O)Nc2sc3c(c2C#N)CCN(C(=O)OCC)C3)cc1. The number of nitrogens with zero attached hydrogens (tertiary/aromatic N) is 3. The Kier molecular flexibility index (Phi) is 8.45. The summed E-state index contributed by atoms with van der Waals surface area (Å²) >= 11 is 1.25. The van der Waals surface area contributed by atoms with Gasteiger partial charge in [0.25, 0.3) is 5.91 Å². The fraction of sp³-hybridized carbons (Fsp3) is 0.292. The van der Waals surface area contributed by atoms with Crippen molar-refractivity contribution in [3.8, 4) is 6.07 Å². The third kappa shape index (κ3) is 5.62. The van der Waals surface area contributed by atoms with Gasteiger partial charge in [-0.3, -0.25) is 4.79 Å². The number of fused-ring (bicyclic) bond motifs is 1. The molecule has 2 aromatic rings. The van der Waals surface area contributed by atoms with E-state index in [4.69, 9.17) is 4.74 Å². The number of sulfonamides is 1. The average molecular weight is 515 g/mol. The zero-order valence-electron chi connectivity index (χ0n) is 19.3. The molecule has 0 radical (unpaired) electrons. The van der Waals surface area contributed by atoms with E-state index >= 15 is 0 Å². The average Bonchev–Trinajstić information content (AvgIpc) is 3.20. The summed E-state index contributed by atoms with van der Waals surface area (Å²) in [6.07, 6.45) is 3.05. The van der Waals surface area contributed by atoms with E-state index < -0.39 is 22.0 Å². The van der Waals surface area contributed by atoms with Crippen LogP contribution in [0.2, 0.25) is 0 Å². The number of nitriles is 1. The molecule has 0 saturated carbocycles. The second-order valence-corrected chi connectivity index (χ2v) is 10.6. The van der Waals surface area contributed by atoms with Gasteiger partial charge in [-0.05, 0) is 43.2 Å². The van der Waals surface area contributed by atoms with Gasteiger partial charge >= 0.3 is 6.09 Å². The number of nitrogens with one attached hydrogen (secondary N) is 1.